The maximum absolute atomic E-state index is 12.5. The predicted molar refractivity (Wildman–Crippen MR) is 107 cm³/mol. The van der Waals surface area contributed by atoms with Crippen molar-refractivity contribution in [3.05, 3.63) is 24.3 Å². The van der Waals surface area contributed by atoms with Crippen LogP contribution in [0.3, 0.4) is 0 Å². The molecule has 2 fully saturated rings. The maximum atomic E-state index is 12.5. The molecule has 26 heavy (non-hydrogen) atoms. The summed E-state index contributed by atoms with van der Waals surface area (Å²) in [4.78, 5) is 15.0. The molecule has 2 unspecified atom stereocenters. The summed E-state index contributed by atoms with van der Waals surface area (Å²) in [5.74, 6) is 2.58. The van der Waals surface area contributed by atoms with Gasteiger partial charge in [-0.05, 0) is 55.4 Å². The van der Waals surface area contributed by atoms with Gasteiger partial charge in [0.15, 0.2) is 0 Å². The predicted octanol–water partition coefficient (Wildman–Crippen LogP) is 4.56. The van der Waals surface area contributed by atoms with Crippen LogP contribution in [0.15, 0.2) is 24.3 Å². The monoisotopic (exact) mass is 358 g/mol. The average Bonchev–Trinajstić information content (AvgIpc) is 3.04. The van der Waals surface area contributed by atoms with E-state index < -0.39 is 0 Å². The van der Waals surface area contributed by atoms with Crippen molar-refractivity contribution < 1.29 is 9.53 Å². The molecular weight excluding hydrogens is 324 g/mol. The number of rotatable bonds is 6. The van der Waals surface area contributed by atoms with Crippen LogP contribution in [0.5, 0.6) is 5.75 Å². The molecule has 0 aromatic heterocycles. The van der Waals surface area contributed by atoms with Crippen molar-refractivity contribution in [1.82, 2.24) is 4.90 Å². The Bertz CT molecular complexity index is 583. The van der Waals surface area contributed by atoms with Gasteiger partial charge < -0.3 is 10.1 Å². The topological polar surface area (TPSA) is 41.6 Å². The third-order valence-electron chi connectivity index (χ3n) is 5.99. The van der Waals surface area contributed by atoms with Gasteiger partial charge in [0.2, 0.25) is 5.91 Å². The molecule has 3 rings (SSSR count). The molecule has 2 aliphatic rings. The molecule has 4 heteroatoms. The van der Waals surface area contributed by atoms with E-state index in [9.17, 15) is 4.79 Å². The molecule has 2 atom stereocenters. The molecule has 0 bridgehead atoms. The number of amides is 1. The van der Waals surface area contributed by atoms with Crippen LogP contribution in [-0.4, -0.2) is 37.0 Å². The standard InChI is InChI=1S/C22H34N2O2/c1-17-14-18(2)16-24(15-17)12-13-26-20-8-6-19(7-9-20)23-21(25)22(3)10-4-5-11-22/h6-9,17-18H,4-5,10-16H2,1-3H3,(H,23,25). The lowest BCUT2D eigenvalue weighted by Gasteiger charge is -2.34. The first-order valence-electron chi connectivity index (χ1n) is 10.2. The Labute approximate surface area is 158 Å². The lowest BCUT2D eigenvalue weighted by atomic mass is 9.88. The Morgan fingerprint density at radius 3 is 2.38 bits per heavy atom. The number of carbonyl (C=O) groups is 1. The summed E-state index contributed by atoms with van der Waals surface area (Å²) in [6, 6.07) is 7.79. The Hall–Kier alpha value is -1.55. The molecule has 1 aromatic rings. The number of anilines is 1. The molecule has 1 N–H and O–H groups in total. The fourth-order valence-electron chi connectivity index (χ4n) is 4.57. The van der Waals surface area contributed by atoms with E-state index in [1.54, 1.807) is 0 Å². The number of nitrogens with zero attached hydrogens (tertiary/aromatic N) is 1. The van der Waals surface area contributed by atoms with Crippen molar-refractivity contribution in [3.8, 4) is 5.75 Å². The number of ether oxygens (including phenoxy) is 1. The van der Waals surface area contributed by atoms with Crippen molar-refractivity contribution in [3.63, 3.8) is 0 Å². The second kappa shape index (κ2) is 8.43. The number of piperidine rings is 1. The number of hydrogen-bond donors (Lipinski definition) is 1. The summed E-state index contributed by atoms with van der Waals surface area (Å²) in [7, 11) is 0. The average molecular weight is 359 g/mol. The minimum Gasteiger partial charge on any atom is -0.492 e. The number of benzene rings is 1. The molecule has 0 spiro atoms. The zero-order valence-corrected chi connectivity index (χ0v) is 16.6. The molecule has 0 radical (unpaired) electrons. The van der Waals surface area contributed by atoms with E-state index in [1.807, 2.05) is 24.3 Å². The highest BCUT2D eigenvalue weighted by Crippen LogP contribution is 2.38. The van der Waals surface area contributed by atoms with Crippen LogP contribution in [0.2, 0.25) is 0 Å². The number of nitrogens with one attached hydrogen (secondary N) is 1. The van der Waals surface area contributed by atoms with E-state index in [-0.39, 0.29) is 11.3 Å². The SMILES string of the molecule is CC1CC(C)CN(CCOc2ccc(NC(=O)C3(C)CCCC3)cc2)C1. The molecule has 144 valence electrons. The van der Waals surface area contributed by atoms with Gasteiger partial charge in [0.1, 0.15) is 12.4 Å². The molecule has 1 aliphatic heterocycles. The second-order valence-electron chi connectivity index (χ2n) is 8.80. The van der Waals surface area contributed by atoms with Crippen LogP contribution in [0.1, 0.15) is 52.9 Å². The lowest BCUT2D eigenvalue weighted by Crippen LogP contribution is -2.40. The molecule has 1 saturated heterocycles. The molecule has 4 nitrogen and oxygen atoms in total. The van der Waals surface area contributed by atoms with Crippen LogP contribution >= 0.6 is 0 Å². The van der Waals surface area contributed by atoms with Gasteiger partial charge in [0, 0.05) is 30.7 Å². The maximum Gasteiger partial charge on any atom is 0.230 e. The quantitative estimate of drug-likeness (QED) is 0.810. The third-order valence-corrected chi connectivity index (χ3v) is 5.99. The normalized spacial score (nSPS) is 25.8. The Kier molecular flexibility index (Phi) is 6.23. The Balaban J connectivity index is 1.43. The first kappa shape index (κ1) is 19.2. The molecule has 1 amide bonds. The van der Waals surface area contributed by atoms with Gasteiger partial charge in [0.05, 0.1) is 0 Å². The van der Waals surface area contributed by atoms with E-state index in [1.165, 1.54) is 19.5 Å². The van der Waals surface area contributed by atoms with Crippen molar-refractivity contribution in [2.24, 2.45) is 17.3 Å². The fourth-order valence-corrected chi connectivity index (χ4v) is 4.57. The summed E-state index contributed by atoms with van der Waals surface area (Å²) in [5, 5.41) is 3.07. The second-order valence-corrected chi connectivity index (χ2v) is 8.80. The highest BCUT2D eigenvalue weighted by Gasteiger charge is 2.36. The molecule has 1 aromatic carbocycles. The largest absolute Gasteiger partial charge is 0.492 e. The van der Waals surface area contributed by atoms with Crippen molar-refractivity contribution in [1.29, 1.82) is 0 Å². The van der Waals surface area contributed by atoms with E-state index in [2.05, 4.69) is 31.0 Å². The van der Waals surface area contributed by atoms with E-state index in [0.29, 0.717) is 6.61 Å². The van der Waals surface area contributed by atoms with Crippen LogP contribution < -0.4 is 10.1 Å². The number of hydrogen-bond acceptors (Lipinski definition) is 3. The molecule has 1 aliphatic carbocycles. The zero-order valence-electron chi connectivity index (χ0n) is 16.6. The summed E-state index contributed by atoms with van der Waals surface area (Å²) < 4.78 is 5.90. The minimum absolute atomic E-state index is 0.150. The summed E-state index contributed by atoms with van der Waals surface area (Å²) in [6.45, 7) is 10.8. The van der Waals surface area contributed by atoms with E-state index >= 15 is 0 Å². The van der Waals surface area contributed by atoms with Crippen molar-refractivity contribution in [2.45, 2.75) is 52.9 Å². The van der Waals surface area contributed by atoms with Gasteiger partial charge in [-0.15, -0.1) is 0 Å². The molecule has 1 heterocycles. The van der Waals surface area contributed by atoms with Gasteiger partial charge >= 0.3 is 0 Å². The Morgan fingerprint density at radius 1 is 1.15 bits per heavy atom. The van der Waals surface area contributed by atoms with Gasteiger partial charge in [-0.2, -0.15) is 0 Å². The van der Waals surface area contributed by atoms with Gasteiger partial charge in [0.25, 0.3) is 0 Å². The number of carbonyl (C=O) groups excluding carboxylic acids is 1. The van der Waals surface area contributed by atoms with Gasteiger partial charge in [-0.3, -0.25) is 9.69 Å². The first-order chi connectivity index (χ1) is 12.4. The van der Waals surface area contributed by atoms with Crippen LogP contribution in [0.4, 0.5) is 5.69 Å². The van der Waals surface area contributed by atoms with E-state index in [4.69, 9.17) is 4.74 Å². The van der Waals surface area contributed by atoms with Gasteiger partial charge in [-0.1, -0.05) is 33.6 Å². The first-order valence-corrected chi connectivity index (χ1v) is 10.2. The lowest BCUT2D eigenvalue weighted by molar-refractivity contribution is -0.124. The van der Waals surface area contributed by atoms with Crippen LogP contribution in [-0.2, 0) is 4.79 Å². The highest BCUT2D eigenvalue weighted by atomic mass is 16.5. The number of likely N-dealkylation sites (tertiary alicyclic amines) is 1. The molecular formula is C22H34N2O2. The summed E-state index contributed by atoms with van der Waals surface area (Å²) in [6.07, 6.45) is 5.64. The van der Waals surface area contributed by atoms with E-state index in [0.717, 1.165) is 55.5 Å². The van der Waals surface area contributed by atoms with Crippen LogP contribution in [0, 0.1) is 17.3 Å². The Morgan fingerprint density at radius 2 is 1.77 bits per heavy atom. The van der Waals surface area contributed by atoms with Crippen molar-refractivity contribution >= 4 is 11.6 Å². The summed E-state index contributed by atoms with van der Waals surface area (Å²) in [5.41, 5.74) is 0.659. The summed E-state index contributed by atoms with van der Waals surface area (Å²) >= 11 is 0. The van der Waals surface area contributed by atoms with Gasteiger partial charge in [-0.25, -0.2) is 0 Å². The molecule has 1 saturated carbocycles. The van der Waals surface area contributed by atoms with Crippen LogP contribution in [0.25, 0.3) is 0 Å². The third kappa shape index (κ3) is 5.00. The fraction of sp³-hybridized carbons (Fsp3) is 0.682. The van der Waals surface area contributed by atoms with Crippen molar-refractivity contribution in [2.75, 3.05) is 31.6 Å². The zero-order chi connectivity index (χ0) is 18.6. The minimum atomic E-state index is -0.197. The highest BCUT2D eigenvalue weighted by molar-refractivity contribution is 5.95. The smallest absolute Gasteiger partial charge is 0.230 e.